The van der Waals surface area contributed by atoms with Crippen molar-refractivity contribution in [3.8, 4) is 0 Å². The summed E-state index contributed by atoms with van der Waals surface area (Å²) in [6.07, 6.45) is -0.862. The highest BCUT2D eigenvalue weighted by Crippen LogP contribution is 2.05. The minimum Gasteiger partial charge on any atom is -0.481 e. The predicted octanol–water partition coefficient (Wildman–Crippen LogP) is -3.94. The van der Waals surface area contributed by atoms with Crippen LogP contribution in [0.15, 0.2) is 4.99 Å². The number of rotatable bonds is 17. The molecule has 0 aliphatic rings. The SMILES string of the molecule is CC(NC(=O)C(CCC(=O)O)NC(=O)C(CCC(N)=O)NC(=O)C(N)CCCN=C(N)N)C(=O)O. The van der Waals surface area contributed by atoms with Gasteiger partial charge in [-0.25, -0.2) is 0 Å². The molecule has 16 nitrogen and oxygen atoms in total. The summed E-state index contributed by atoms with van der Waals surface area (Å²) in [4.78, 5) is 74.6. The Bertz CT molecular complexity index is 815. The van der Waals surface area contributed by atoms with Gasteiger partial charge in [-0.15, -0.1) is 0 Å². The minimum atomic E-state index is -1.43. The lowest BCUT2D eigenvalue weighted by molar-refractivity contribution is -0.142. The molecule has 4 atom stereocenters. The number of aliphatic carboxylic acids is 2. The van der Waals surface area contributed by atoms with Gasteiger partial charge in [0, 0.05) is 19.4 Å². The van der Waals surface area contributed by atoms with Crippen LogP contribution < -0.4 is 38.9 Å². The first-order valence-electron chi connectivity index (χ1n) is 10.7. The van der Waals surface area contributed by atoms with Crippen molar-refractivity contribution in [2.75, 3.05) is 6.54 Å². The largest absolute Gasteiger partial charge is 0.481 e. The number of nitrogens with zero attached hydrogens (tertiary/aromatic N) is 1. The predicted molar refractivity (Wildman–Crippen MR) is 122 cm³/mol. The molecule has 0 fully saturated rings. The van der Waals surface area contributed by atoms with Crippen LogP contribution in [0.4, 0.5) is 0 Å². The van der Waals surface area contributed by atoms with E-state index in [1.807, 2.05) is 0 Å². The Balaban J connectivity index is 5.39. The smallest absolute Gasteiger partial charge is 0.325 e. The number of carboxylic acids is 2. The maximum absolute atomic E-state index is 12.8. The van der Waals surface area contributed by atoms with E-state index < -0.39 is 66.2 Å². The molecule has 4 amide bonds. The fraction of sp³-hybridized carbons (Fsp3) is 0.632. The second kappa shape index (κ2) is 15.8. The van der Waals surface area contributed by atoms with Crippen molar-refractivity contribution in [1.29, 1.82) is 0 Å². The maximum atomic E-state index is 12.8. The first kappa shape index (κ1) is 31.0. The maximum Gasteiger partial charge on any atom is 0.325 e. The second-order valence-corrected chi connectivity index (χ2v) is 7.68. The van der Waals surface area contributed by atoms with Crippen LogP contribution >= 0.6 is 0 Å². The summed E-state index contributed by atoms with van der Waals surface area (Å²) >= 11 is 0. The molecule has 35 heavy (non-hydrogen) atoms. The monoisotopic (exact) mass is 502 g/mol. The topological polar surface area (TPSA) is 295 Å². The molecular formula is C19H34N8O8. The number of guanidine groups is 1. The van der Waals surface area contributed by atoms with Gasteiger partial charge in [0.1, 0.15) is 18.1 Å². The summed E-state index contributed by atoms with van der Waals surface area (Å²) in [6.45, 7) is 1.41. The molecule has 0 bridgehead atoms. The van der Waals surface area contributed by atoms with E-state index in [2.05, 4.69) is 20.9 Å². The molecule has 0 spiro atoms. The van der Waals surface area contributed by atoms with Crippen LogP contribution in [0.1, 0.15) is 45.4 Å². The number of nitrogens with one attached hydrogen (secondary N) is 3. The zero-order valence-electron chi connectivity index (χ0n) is 19.4. The molecule has 0 aromatic rings. The van der Waals surface area contributed by atoms with Crippen molar-refractivity contribution < 1.29 is 39.0 Å². The number of carbonyl (C=O) groups excluding carboxylic acids is 4. The van der Waals surface area contributed by atoms with Gasteiger partial charge in [0.25, 0.3) is 0 Å². The molecule has 0 aromatic heterocycles. The van der Waals surface area contributed by atoms with Gasteiger partial charge in [0.15, 0.2) is 5.96 Å². The zero-order valence-corrected chi connectivity index (χ0v) is 19.4. The number of primary amides is 1. The normalized spacial score (nSPS) is 13.9. The molecule has 198 valence electrons. The number of hydrogen-bond donors (Lipinski definition) is 9. The highest BCUT2D eigenvalue weighted by Gasteiger charge is 2.29. The van der Waals surface area contributed by atoms with Gasteiger partial charge in [-0.05, 0) is 32.6 Å². The number of carbonyl (C=O) groups is 6. The highest BCUT2D eigenvalue weighted by molar-refractivity contribution is 5.94. The molecule has 0 heterocycles. The summed E-state index contributed by atoms with van der Waals surface area (Å²) in [5.41, 5.74) is 21.4. The number of carboxylic acid groups (broad SMARTS) is 2. The average molecular weight is 503 g/mol. The van der Waals surface area contributed by atoms with Gasteiger partial charge < -0.3 is 49.1 Å². The van der Waals surface area contributed by atoms with Gasteiger partial charge in [0.05, 0.1) is 6.04 Å². The molecule has 0 saturated heterocycles. The molecule has 0 saturated carbocycles. The molecule has 0 rings (SSSR count). The summed E-state index contributed by atoms with van der Waals surface area (Å²) in [5.74, 6) is -6.06. The van der Waals surface area contributed by atoms with Crippen molar-refractivity contribution in [2.45, 2.75) is 69.6 Å². The van der Waals surface area contributed by atoms with Crippen LogP contribution in [-0.4, -0.2) is 82.5 Å². The van der Waals surface area contributed by atoms with E-state index in [1.54, 1.807) is 0 Å². The van der Waals surface area contributed by atoms with Gasteiger partial charge in [-0.2, -0.15) is 0 Å². The van der Waals surface area contributed by atoms with Crippen LogP contribution in [0.3, 0.4) is 0 Å². The van der Waals surface area contributed by atoms with E-state index in [0.717, 1.165) is 0 Å². The van der Waals surface area contributed by atoms with Crippen LogP contribution in [0, 0.1) is 0 Å². The van der Waals surface area contributed by atoms with E-state index in [9.17, 15) is 28.8 Å². The third-order valence-electron chi connectivity index (χ3n) is 4.63. The van der Waals surface area contributed by atoms with Crippen LogP contribution in [0.2, 0.25) is 0 Å². The van der Waals surface area contributed by atoms with Crippen molar-refractivity contribution >= 4 is 41.5 Å². The average Bonchev–Trinajstić information content (AvgIpc) is 2.75. The lowest BCUT2D eigenvalue weighted by Crippen LogP contribution is -2.57. The summed E-state index contributed by atoms with van der Waals surface area (Å²) in [6, 6.07) is -5.12. The Morgan fingerprint density at radius 1 is 0.800 bits per heavy atom. The van der Waals surface area contributed by atoms with Gasteiger partial charge in [0.2, 0.25) is 23.6 Å². The molecule has 0 aliphatic carbocycles. The summed E-state index contributed by atoms with van der Waals surface area (Å²) < 4.78 is 0. The van der Waals surface area contributed by atoms with E-state index >= 15 is 0 Å². The molecule has 0 aromatic carbocycles. The van der Waals surface area contributed by atoms with Crippen LogP contribution in [0.25, 0.3) is 0 Å². The molecule has 0 aliphatic heterocycles. The van der Waals surface area contributed by atoms with Crippen molar-refractivity contribution in [3.05, 3.63) is 0 Å². The van der Waals surface area contributed by atoms with Crippen LogP contribution in [-0.2, 0) is 28.8 Å². The Morgan fingerprint density at radius 3 is 1.80 bits per heavy atom. The molecule has 4 unspecified atom stereocenters. The standard InChI is InChI=1S/C19H34N8O8/c1-9(18(34)35)25-16(32)12(5-7-14(29)30)27-17(33)11(4-6-13(21)28)26-15(31)10(20)3-2-8-24-19(22)23/h9-12H,2-8,20H2,1H3,(H2,21,28)(H,25,32)(H,26,31)(H,27,33)(H,29,30)(H,34,35)(H4,22,23,24). The van der Waals surface area contributed by atoms with Gasteiger partial charge in [-0.3, -0.25) is 33.8 Å². The van der Waals surface area contributed by atoms with E-state index in [-0.39, 0.29) is 38.2 Å². The number of nitrogens with two attached hydrogens (primary N) is 4. The van der Waals surface area contributed by atoms with Crippen molar-refractivity contribution in [1.82, 2.24) is 16.0 Å². The summed E-state index contributed by atoms with van der Waals surface area (Å²) in [7, 11) is 0. The molecule has 13 N–H and O–H groups in total. The van der Waals surface area contributed by atoms with Crippen molar-refractivity contribution in [2.24, 2.45) is 27.9 Å². The Morgan fingerprint density at radius 2 is 1.31 bits per heavy atom. The van der Waals surface area contributed by atoms with Crippen molar-refractivity contribution in [3.63, 3.8) is 0 Å². The first-order chi connectivity index (χ1) is 16.2. The quantitative estimate of drug-likeness (QED) is 0.0525. The van der Waals surface area contributed by atoms with E-state index in [4.69, 9.17) is 33.1 Å². The number of hydrogen-bond acceptors (Lipinski definition) is 8. The zero-order chi connectivity index (χ0) is 27.1. The third kappa shape index (κ3) is 14.0. The Kier molecular flexibility index (Phi) is 14.0. The number of aliphatic imine (C=N–C) groups is 1. The Labute approximate surface area is 201 Å². The molecule has 16 heteroatoms. The third-order valence-corrected chi connectivity index (χ3v) is 4.63. The first-order valence-corrected chi connectivity index (χ1v) is 10.7. The summed E-state index contributed by atoms with van der Waals surface area (Å²) in [5, 5.41) is 24.7. The van der Waals surface area contributed by atoms with E-state index in [1.165, 1.54) is 6.92 Å². The highest BCUT2D eigenvalue weighted by atomic mass is 16.4. The lowest BCUT2D eigenvalue weighted by Gasteiger charge is -2.24. The number of amides is 4. The lowest BCUT2D eigenvalue weighted by atomic mass is 10.1. The fourth-order valence-corrected chi connectivity index (χ4v) is 2.67. The molecular weight excluding hydrogens is 468 g/mol. The van der Waals surface area contributed by atoms with Gasteiger partial charge >= 0.3 is 11.9 Å². The second-order valence-electron chi connectivity index (χ2n) is 7.68. The minimum absolute atomic E-state index is 0.120. The fourth-order valence-electron chi connectivity index (χ4n) is 2.67. The van der Waals surface area contributed by atoms with Gasteiger partial charge in [-0.1, -0.05) is 0 Å². The Hall–Kier alpha value is -3.95. The van der Waals surface area contributed by atoms with Crippen LogP contribution in [0.5, 0.6) is 0 Å². The van der Waals surface area contributed by atoms with E-state index in [0.29, 0.717) is 6.42 Å². The molecule has 0 radical (unpaired) electrons.